The van der Waals surface area contributed by atoms with Gasteiger partial charge in [0.2, 0.25) is 5.91 Å². The summed E-state index contributed by atoms with van der Waals surface area (Å²) in [5, 5.41) is 4.14. The minimum atomic E-state index is -0.357. The molecule has 0 bridgehead atoms. The lowest BCUT2D eigenvalue weighted by molar-refractivity contribution is -0.127. The number of nitrogens with two attached hydrogens (primary N) is 1. The van der Waals surface area contributed by atoms with E-state index in [-0.39, 0.29) is 11.8 Å². The van der Waals surface area contributed by atoms with Crippen LogP contribution in [0, 0.1) is 6.92 Å². The third-order valence-corrected chi connectivity index (χ3v) is 6.37. The summed E-state index contributed by atoms with van der Waals surface area (Å²) in [7, 11) is 0. The maximum Gasteiger partial charge on any atom is 0.251 e. The van der Waals surface area contributed by atoms with Gasteiger partial charge in [-0.15, -0.1) is 0 Å². The molecule has 0 radical (unpaired) electrons. The average molecular weight is 402 g/mol. The molecule has 6 heteroatoms. The van der Waals surface area contributed by atoms with Crippen molar-refractivity contribution in [2.45, 2.75) is 65.3 Å². The number of carbonyl (C=O) groups is 2. The highest BCUT2D eigenvalue weighted by Crippen LogP contribution is 2.35. The van der Waals surface area contributed by atoms with Crippen LogP contribution in [0.4, 0.5) is 0 Å². The van der Waals surface area contributed by atoms with Gasteiger partial charge >= 0.3 is 0 Å². The number of unbranched alkanes of at least 4 members (excludes halogenated alkanes) is 2. The predicted octanol–water partition coefficient (Wildman–Crippen LogP) is 4.37. The Morgan fingerprint density at radius 3 is 2.68 bits per heavy atom. The summed E-state index contributed by atoms with van der Waals surface area (Å²) in [5.74, 6) is -0.0897. The van der Waals surface area contributed by atoms with Crippen molar-refractivity contribution >= 4 is 23.2 Å². The molecule has 0 atom stereocenters. The fourth-order valence-corrected chi connectivity index (χ4v) is 4.93. The third-order valence-electron chi connectivity index (χ3n) is 5.69. The molecular weight excluding hydrogens is 370 g/mol. The lowest BCUT2D eigenvalue weighted by atomic mass is 9.99. The lowest BCUT2D eigenvalue weighted by Crippen LogP contribution is -2.26. The molecule has 152 valence electrons. The highest BCUT2D eigenvalue weighted by molar-refractivity contribution is 7.08. The second-order valence-electron chi connectivity index (χ2n) is 7.61. The Hall–Kier alpha value is -2.08. The van der Waals surface area contributed by atoms with Gasteiger partial charge in [-0.2, -0.15) is 11.3 Å². The Balaban J connectivity index is 1.91. The van der Waals surface area contributed by atoms with Gasteiger partial charge < -0.3 is 15.2 Å². The fraction of sp³-hybridized carbons (Fsp3) is 0.545. The van der Waals surface area contributed by atoms with E-state index < -0.39 is 0 Å². The van der Waals surface area contributed by atoms with E-state index in [1.807, 2.05) is 17.2 Å². The molecule has 1 fully saturated rings. The summed E-state index contributed by atoms with van der Waals surface area (Å²) in [6.07, 6.45) is 6.91. The van der Waals surface area contributed by atoms with Crippen LogP contribution in [0.25, 0.3) is 11.1 Å². The third kappa shape index (κ3) is 4.32. The summed E-state index contributed by atoms with van der Waals surface area (Å²) in [4.78, 5) is 26.2. The lowest BCUT2D eigenvalue weighted by Gasteiger charge is -2.17. The van der Waals surface area contributed by atoms with Crippen molar-refractivity contribution in [1.82, 2.24) is 9.47 Å². The molecule has 1 aliphatic rings. The van der Waals surface area contributed by atoms with E-state index in [4.69, 9.17) is 5.73 Å². The van der Waals surface area contributed by atoms with Crippen LogP contribution in [0.15, 0.2) is 16.8 Å². The number of nitrogens with zero attached hydrogens (tertiary/aromatic N) is 2. The molecule has 3 heterocycles. The van der Waals surface area contributed by atoms with Crippen molar-refractivity contribution in [3.63, 3.8) is 0 Å². The van der Waals surface area contributed by atoms with E-state index in [0.717, 1.165) is 68.6 Å². The molecule has 5 nitrogen and oxygen atoms in total. The van der Waals surface area contributed by atoms with Crippen molar-refractivity contribution in [2.75, 3.05) is 13.1 Å². The summed E-state index contributed by atoms with van der Waals surface area (Å²) in [5.41, 5.74) is 10.7. The van der Waals surface area contributed by atoms with Gasteiger partial charge in [0.05, 0.1) is 5.56 Å². The molecule has 2 amide bonds. The zero-order valence-corrected chi connectivity index (χ0v) is 17.8. The van der Waals surface area contributed by atoms with Crippen molar-refractivity contribution < 1.29 is 9.59 Å². The van der Waals surface area contributed by atoms with Crippen molar-refractivity contribution in [1.29, 1.82) is 0 Å². The number of likely N-dealkylation sites (tertiary alicyclic amines) is 1. The number of carbonyl (C=O) groups excluding carboxylic acids is 2. The number of primary amides is 1. The standard InChI is InChI=1S/C22H31N3O2S/c1-3-4-5-8-18-21(17-10-14-28-15-17)20(22(23)27)16(2)25(18)13-7-12-24-11-6-9-19(24)26/h10,14-15H,3-9,11-13H2,1-2H3,(H2,23,27). The van der Waals surface area contributed by atoms with Gasteiger partial charge in [-0.05, 0) is 55.0 Å². The Labute approximate surface area is 171 Å². The predicted molar refractivity (Wildman–Crippen MR) is 115 cm³/mol. The van der Waals surface area contributed by atoms with E-state index >= 15 is 0 Å². The van der Waals surface area contributed by atoms with Crippen LogP contribution in [-0.2, 0) is 17.8 Å². The second-order valence-corrected chi connectivity index (χ2v) is 8.39. The topological polar surface area (TPSA) is 68.3 Å². The first-order chi connectivity index (χ1) is 13.5. The van der Waals surface area contributed by atoms with Gasteiger partial charge in [0.25, 0.3) is 5.91 Å². The van der Waals surface area contributed by atoms with E-state index in [1.165, 1.54) is 12.1 Å². The van der Waals surface area contributed by atoms with Gasteiger partial charge in [0.1, 0.15) is 0 Å². The number of thiophene rings is 1. The van der Waals surface area contributed by atoms with Crippen molar-refractivity contribution in [3.8, 4) is 11.1 Å². The molecule has 1 aliphatic heterocycles. The molecule has 0 aromatic carbocycles. The molecule has 28 heavy (non-hydrogen) atoms. The molecule has 2 N–H and O–H groups in total. The molecule has 2 aromatic rings. The number of amides is 2. The highest BCUT2D eigenvalue weighted by atomic mass is 32.1. The Kier molecular flexibility index (Phi) is 6.94. The first kappa shape index (κ1) is 20.6. The normalized spacial score (nSPS) is 14.2. The molecule has 1 saturated heterocycles. The van der Waals surface area contributed by atoms with Crippen LogP contribution in [0.5, 0.6) is 0 Å². The summed E-state index contributed by atoms with van der Waals surface area (Å²) in [6.45, 7) is 6.66. The monoisotopic (exact) mass is 401 g/mol. The molecule has 2 aromatic heterocycles. The largest absolute Gasteiger partial charge is 0.366 e. The van der Waals surface area contributed by atoms with E-state index in [9.17, 15) is 9.59 Å². The fourth-order valence-electron chi connectivity index (χ4n) is 4.28. The summed E-state index contributed by atoms with van der Waals surface area (Å²) >= 11 is 1.64. The Morgan fingerprint density at radius 2 is 2.07 bits per heavy atom. The first-order valence-corrected chi connectivity index (χ1v) is 11.3. The van der Waals surface area contributed by atoms with E-state index in [0.29, 0.717) is 12.0 Å². The Morgan fingerprint density at radius 1 is 1.25 bits per heavy atom. The smallest absolute Gasteiger partial charge is 0.251 e. The number of hydrogen-bond acceptors (Lipinski definition) is 3. The SMILES string of the molecule is CCCCCc1c(-c2ccsc2)c(C(N)=O)c(C)n1CCCN1CCCC1=O. The molecule has 0 aliphatic carbocycles. The quantitative estimate of drug-likeness (QED) is 0.601. The van der Waals surface area contributed by atoms with Crippen LogP contribution in [-0.4, -0.2) is 34.4 Å². The number of hydrogen-bond donors (Lipinski definition) is 1. The van der Waals surface area contributed by atoms with Crippen LogP contribution >= 0.6 is 11.3 Å². The molecule has 0 spiro atoms. The van der Waals surface area contributed by atoms with Crippen LogP contribution in [0.2, 0.25) is 0 Å². The van der Waals surface area contributed by atoms with Crippen LogP contribution < -0.4 is 5.73 Å². The summed E-state index contributed by atoms with van der Waals surface area (Å²) in [6, 6.07) is 2.07. The molecule has 0 unspecified atom stereocenters. The van der Waals surface area contributed by atoms with Gasteiger partial charge in [0.15, 0.2) is 0 Å². The van der Waals surface area contributed by atoms with Crippen LogP contribution in [0.1, 0.15) is 67.2 Å². The number of aromatic nitrogens is 1. The van der Waals surface area contributed by atoms with Gasteiger partial charge in [-0.1, -0.05) is 19.8 Å². The highest BCUT2D eigenvalue weighted by Gasteiger charge is 2.25. The molecule has 3 rings (SSSR count). The summed E-state index contributed by atoms with van der Waals surface area (Å²) < 4.78 is 2.28. The number of rotatable bonds is 10. The zero-order chi connectivity index (χ0) is 20.1. The second kappa shape index (κ2) is 9.41. The van der Waals surface area contributed by atoms with Gasteiger partial charge in [-0.25, -0.2) is 0 Å². The van der Waals surface area contributed by atoms with E-state index in [1.54, 1.807) is 11.3 Å². The van der Waals surface area contributed by atoms with Gasteiger partial charge in [-0.3, -0.25) is 9.59 Å². The first-order valence-electron chi connectivity index (χ1n) is 10.4. The maximum atomic E-state index is 12.3. The van der Waals surface area contributed by atoms with Crippen LogP contribution in [0.3, 0.4) is 0 Å². The molecule has 0 saturated carbocycles. The van der Waals surface area contributed by atoms with E-state index in [2.05, 4.69) is 22.9 Å². The maximum absolute atomic E-state index is 12.3. The zero-order valence-electron chi connectivity index (χ0n) is 17.0. The molecular formula is C22H31N3O2S. The average Bonchev–Trinajstić information content (AvgIpc) is 3.37. The minimum Gasteiger partial charge on any atom is -0.366 e. The van der Waals surface area contributed by atoms with Crippen molar-refractivity contribution in [2.24, 2.45) is 5.73 Å². The Bertz CT molecular complexity index is 823. The minimum absolute atomic E-state index is 0.268. The van der Waals surface area contributed by atoms with Crippen molar-refractivity contribution in [3.05, 3.63) is 33.8 Å². The van der Waals surface area contributed by atoms with Gasteiger partial charge in [0, 0.05) is 43.0 Å².